The normalized spacial score (nSPS) is 17.0. The minimum atomic E-state index is -0.332. The fourth-order valence-corrected chi connectivity index (χ4v) is 3.65. The monoisotopic (exact) mass is 416 g/mol. The quantitative estimate of drug-likeness (QED) is 0.669. The number of esters is 1. The van der Waals surface area contributed by atoms with Crippen LogP contribution in [-0.2, 0) is 16.1 Å². The molecule has 0 spiro atoms. The summed E-state index contributed by atoms with van der Waals surface area (Å²) in [6.07, 6.45) is 0. The molecule has 4 nitrogen and oxygen atoms in total. The van der Waals surface area contributed by atoms with Gasteiger partial charge in [-0.05, 0) is 30.2 Å². The Morgan fingerprint density at radius 3 is 2.31 bits per heavy atom. The Bertz CT molecular complexity index is 698. The minimum Gasteiger partial charge on any atom is -0.465 e. The largest absolute Gasteiger partial charge is 0.465 e. The lowest BCUT2D eigenvalue weighted by Crippen LogP contribution is -2.49. The third kappa shape index (κ3) is 4.93. The van der Waals surface area contributed by atoms with Gasteiger partial charge < -0.3 is 4.74 Å². The van der Waals surface area contributed by atoms with E-state index >= 15 is 0 Å². The first-order valence-electron chi connectivity index (χ1n) is 9.10. The number of ether oxygens (including phenoxy) is 1. The first-order valence-corrected chi connectivity index (χ1v) is 9.89. The van der Waals surface area contributed by atoms with Crippen molar-refractivity contribution in [3.05, 3.63) is 70.2 Å². The van der Waals surface area contributed by atoms with Crippen LogP contribution in [-0.4, -0.2) is 48.6 Å². The fourth-order valence-electron chi connectivity index (χ4n) is 3.38. The van der Waals surface area contributed by atoms with Crippen molar-refractivity contribution in [2.75, 3.05) is 32.8 Å². The van der Waals surface area contributed by atoms with Crippen LogP contribution in [0.3, 0.4) is 0 Å². The van der Waals surface area contributed by atoms with Crippen LogP contribution in [0.4, 0.5) is 0 Å². The molecule has 2 aromatic rings. The molecule has 0 saturated carbocycles. The summed E-state index contributed by atoms with van der Waals surface area (Å²) in [6, 6.07) is 18.2. The molecule has 0 aromatic heterocycles. The highest BCUT2D eigenvalue weighted by molar-refractivity contribution is 9.10. The molecular weight excluding hydrogens is 392 g/mol. The molecule has 1 fully saturated rings. The van der Waals surface area contributed by atoms with E-state index in [0.717, 1.165) is 42.8 Å². The van der Waals surface area contributed by atoms with Crippen LogP contribution < -0.4 is 0 Å². The number of carbonyl (C=O) groups is 1. The molecule has 5 heteroatoms. The van der Waals surface area contributed by atoms with E-state index in [-0.39, 0.29) is 12.0 Å². The maximum Gasteiger partial charge on any atom is 0.328 e. The van der Waals surface area contributed by atoms with Gasteiger partial charge in [0, 0.05) is 37.2 Å². The summed E-state index contributed by atoms with van der Waals surface area (Å²) in [5.74, 6) is -0.161. The first kappa shape index (κ1) is 19.1. The Balaban J connectivity index is 1.66. The van der Waals surface area contributed by atoms with E-state index in [1.165, 1.54) is 5.56 Å². The highest BCUT2D eigenvalue weighted by Gasteiger charge is 2.31. The molecule has 1 aliphatic heterocycles. The summed E-state index contributed by atoms with van der Waals surface area (Å²) < 4.78 is 6.37. The second kappa shape index (κ2) is 9.31. The number of piperazine rings is 1. The average Bonchev–Trinajstić information content (AvgIpc) is 2.66. The summed E-state index contributed by atoms with van der Waals surface area (Å²) >= 11 is 3.46. The molecule has 1 aliphatic rings. The van der Waals surface area contributed by atoms with Crippen molar-refractivity contribution in [2.24, 2.45) is 0 Å². The Morgan fingerprint density at radius 2 is 1.69 bits per heavy atom. The van der Waals surface area contributed by atoms with Crippen molar-refractivity contribution in [3.63, 3.8) is 0 Å². The van der Waals surface area contributed by atoms with Gasteiger partial charge in [-0.2, -0.15) is 0 Å². The van der Waals surface area contributed by atoms with Crippen LogP contribution in [0, 0.1) is 0 Å². The Hall–Kier alpha value is -1.69. The Labute approximate surface area is 163 Å². The number of halogens is 1. The van der Waals surface area contributed by atoms with Gasteiger partial charge in [-0.3, -0.25) is 9.80 Å². The summed E-state index contributed by atoms with van der Waals surface area (Å²) in [5, 5.41) is 0. The van der Waals surface area contributed by atoms with E-state index in [1.807, 2.05) is 37.3 Å². The van der Waals surface area contributed by atoms with Crippen LogP contribution in [0.25, 0.3) is 0 Å². The van der Waals surface area contributed by atoms with Crippen LogP contribution in [0.1, 0.15) is 24.1 Å². The van der Waals surface area contributed by atoms with Gasteiger partial charge in [0.05, 0.1) is 6.61 Å². The molecule has 0 amide bonds. The second-order valence-corrected chi connectivity index (χ2v) is 7.42. The van der Waals surface area contributed by atoms with E-state index < -0.39 is 0 Å². The summed E-state index contributed by atoms with van der Waals surface area (Å²) in [6.45, 7) is 6.81. The molecule has 138 valence electrons. The van der Waals surface area contributed by atoms with Crippen molar-refractivity contribution in [1.29, 1.82) is 0 Å². The van der Waals surface area contributed by atoms with Gasteiger partial charge >= 0.3 is 5.97 Å². The molecule has 26 heavy (non-hydrogen) atoms. The van der Waals surface area contributed by atoms with E-state index in [2.05, 4.69) is 50.0 Å². The first-order chi connectivity index (χ1) is 12.7. The standard InChI is InChI=1S/C21H25BrN2O2/c1-2-26-21(25)20(18-8-10-19(22)11-9-18)24-14-12-23(13-15-24)16-17-6-4-3-5-7-17/h3-11,20H,2,12-16H2,1H3. The number of nitrogens with zero attached hydrogens (tertiary/aromatic N) is 2. The lowest BCUT2D eigenvalue weighted by molar-refractivity contribution is -0.150. The van der Waals surface area contributed by atoms with Gasteiger partial charge in [-0.1, -0.05) is 58.4 Å². The van der Waals surface area contributed by atoms with Crippen molar-refractivity contribution in [1.82, 2.24) is 9.80 Å². The summed E-state index contributed by atoms with van der Waals surface area (Å²) in [4.78, 5) is 17.3. The minimum absolute atomic E-state index is 0.161. The van der Waals surface area contributed by atoms with Crippen LogP contribution in [0.2, 0.25) is 0 Å². The maximum atomic E-state index is 12.6. The highest BCUT2D eigenvalue weighted by atomic mass is 79.9. The van der Waals surface area contributed by atoms with Gasteiger partial charge in [-0.15, -0.1) is 0 Å². The van der Waals surface area contributed by atoms with Gasteiger partial charge in [0.25, 0.3) is 0 Å². The van der Waals surface area contributed by atoms with E-state index in [9.17, 15) is 4.79 Å². The third-order valence-electron chi connectivity index (χ3n) is 4.72. The van der Waals surface area contributed by atoms with E-state index in [4.69, 9.17) is 4.74 Å². The van der Waals surface area contributed by atoms with Gasteiger partial charge in [0.2, 0.25) is 0 Å². The van der Waals surface area contributed by atoms with Crippen LogP contribution >= 0.6 is 15.9 Å². The zero-order valence-corrected chi connectivity index (χ0v) is 16.7. The van der Waals surface area contributed by atoms with E-state index in [1.54, 1.807) is 0 Å². The number of carbonyl (C=O) groups excluding carboxylic acids is 1. The molecule has 2 aromatic carbocycles. The maximum absolute atomic E-state index is 12.6. The zero-order chi connectivity index (χ0) is 18.4. The predicted molar refractivity (Wildman–Crippen MR) is 107 cm³/mol. The average molecular weight is 417 g/mol. The number of hydrogen-bond acceptors (Lipinski definition) is 4. The number of benzene rings is 2. The second-order valence-electron chi connectivity index (χ2n) is 6.50. The number of rotatable bonds is 6. The molecule has 0 N–H and O–H groups in total. The fraction of sp³-hybridized carbons (Fsp3) is 0.381. The number of hydrogen-bond donors (Lipinski definition) is 0. The van der Waals surface area contributed by atoms with Crippen molar-refractivity contribution in [3.8, 4) is 0 Å². The lowest BCUT2D eigenvalue weighted by atomic mass is 10.0. The van der Waals surface area contributed by atoms with Crippen molar-refractivity contribution >= 4 is 21.9 Å². The predicted octanol–water partition coefficient (Wildman–Crippen LogP) is 3.87. The molecule has 0 bridgehead atoms. The molecule has 1 saturated heterocycles. The Kier molecular flexibility index (Phi) is 6.83. The highest BCUT2D eigenvalue weighted by Crippen LogP contribution is 2.25. The van der Waals surface area contributed by atoms with Crippen molar-refractivity contribution < 1.29 is 9.53 Å². The zero-order valence-electron chi connectivity index (χ0n) is 15.1. The summed E-state index contributed by atoms with van der Waals surface area (Å²) in [7, 11) is 0. The molecular formula is C21H25BrN2O2. The molecule has 0 aliphatic carbocycles. The smallest absolute Gasteiger partial charge is 0.328 e. The van der Waals surface area contributed by atoms with E-state index in [0.29, 0.717) is 6.61 Å². The third-order valence-corrected chi connectivity index (χ3v) is 5.25. The molecule has 3 rings (SSSR count). The molecule has 1 heterocycles. The van der Waals surface area contributed by atoms with Crippen LogP contribution in [0.15, 0.2) is 59.1 Å². The lowest BCUT2D eigenvalue weighted by Gasteiger charge is -2.38. The van der Waals surface area contributed by atoms with Gasteiger partial charge in [-0.25, -0.2) is 4.79 Å². The molecule has 1 atom stereocenters. The summed E-state index contributed by atoms with van der Waals surface area (Å²) in [5.41, 5.74) is 2.32. The Morgan fingerprint density at radius 1 is 1.04 bits per heavy atom. The van der Waals surface area contributed by atoms with Gasteiger partial charge in [0.15, 0.2) is 0 Å². The SMILES string of the molecule is CCOC(=O)C(c1ccc(Br)cc1)N1CCN(Cc2ccccc2)CC1. The van der Waals surface area contributed by atoms with Crippen LogP contribution in [0.5, 0.6) is 0 Å². The van der Waals surface area contributed by atoms with Gasteiger partial charge in [0.1, 0.15) is 6.04 Å². The van der Waals surface area contributed by atoms with Crippen molar-refractivity contribution in [2.45, 2.75) is 19.5 Å². The molecule has 0 radical (unpaired) electrons. The molecule has 1 unspecified atom stereocenters. The topological polar surface area (TPSA) is 32.8 Å².